The Morgan fingerprint density at radius 3 is 2.70 bits per heavy atom. The van der Waals surface area contributed by atoms with Crippen LogP contribution in [-0.2, 0) is 16.1 Å². The maximum absolute atomic E-state index is 12.5. The molecule has 1 aromatic rings. The number of aryl methyl sites for hydroxylation is 1. The Hall–Kier alpha value is -2.17. The number of fused-ring (bicyclic) bond motifs is 1. The highest BCUT2D eigenvalue weighted by Gasteiger charge is 2.48. The van der Waals surface area contributed by atoms with Gasteiger partial charge in [-0.15, -0.1) is 0 Å². The average molecular weight is 272 g/mol. The Bertz CT molecular complexity index is 638. The summed E-state index contributed by atoms with van der Waals surface area (Å²) in [7, 11) is 0. The number of imide groups is 1. The minimum Gasteiger partial charge on any atom is -0.320 e. The van der Waals surface area contributed by atoms with Crippen molar-refractivity contribution >= 4 is 17.7 Å². The van der Waals surface area contributed by atoms with Gasteiger partial charge in [-0.3, -0.25) is 19.7 Å². The second kappa shape index (κ2) is 4.16. The molecule has 1 fully saturated rings. The standard InChI is InChI=1S/C15H16N2O3/c1-9-3-4-11-10(7-9)8-17(13(11)19)15(2)6-5-12(18)16-14(15)20/h3-4,7H,5-6,8H2,1-2H3,(H,16,18,20)/t15-/m1/s1. The van der Waals surface area contributed by atoms with Crippen molar-refractivity contribution in [2.24, 2.45) is 0 Å². The highest BCUT2D eigenvalue weighted by Crippen LogP contribution is 2.34. The van der Waals surface area contributed by atoms with Crippen LogP contribution in [0, 0.1) is 6.92 Å². The topological polar surface area (TPSA) is 66.5 Å². The Labute approximate surface area is 116 Å². The first-order chi connectivity index (χ1) is 9.41. The first-order valence-electron chi connectivity index (χ1n) is 6.67. The van der Waals surface area contributed by atoms with Crippen LogP contribution in [0.5, 0.6) is 0 Å². The molecule has 0 aliphatic carbocycles. The van der Waals surface area contributed by atoms with Crippen molar-refractivity contribution in [3.63, 3.8) is 0 Å². The van der Waals surface area contributed by atoms with Crippen molar-refractivity contribution in [1.82, 2.24) is 10.2 Å². The number of piperidine rings is 1. The predicted molar refractivity (Wildman–Crippen MR) is 71.8 cm³/mol. The van der Waals surface area contributed by atoms with Gasteiger partial charge in [0.05, 0.1) is 0 Å². The lowest BCUT2D eigenvalue weighted by Crippen LogP contribution is -2.61. The number of nitrogens with one attached hydrogen (secondary N) is 1. The molecule has 5 heteroatoms. The molecule has 1 saturated heterocycles. The summed E-state index contributed by atoms with van der Waals surface area (Å²) in [4.78, 5) is 37.5. The molecule has 2 heterocycles. The molecule has 5 nitrogen and oxygen atoms in total. The van der Waals surface area contributed by atoms with Gasteiger partial charge in [-0.1, -0.05) is 17.7 Å². The van der Waals surface area contributed by atoms with E-state index >= 15 is 0 Å². The normalized spacial score (nSPS) is 25.7. The minimum absolute atomic E-state index is 0.132. The predicted octanol–water partition coefficient (Wildman–Crippen LogP) is 1.15. The summed E-state index contributed by atoms with van der Waals surface area (Å²) in [5.74, 6) is -0.786. The summed E-state index contributed by atoms with van der Waals surface area (Å²) in [6.45, 7) is 4.13. The van der Waals surface area contributed by atoms with Crippen LogP contribution in [0.1, 0.15) is 41.3 Å². The molecule has 20 heavy (non-hydrogen) atoms. The van der Waals surface area contributed by atoms with Crippen LogP contribution in [0.15, 0.2) is 18.2 Å². The molecule has 1 N–H and O–H groups in total. The lowest BCUT2D eigenvalue weighted by Gasteiger charge is -2.39. The molecule has 2 aliphatic rings. The fourth-order valence-corrected chi connectivity index (χ4v) is 2.90. The van der Waals surface area contributed by atoms with Crippen molar-refractivity contribution < 1.29 is 14.4 Å². The molecule has 0 radical (unpaired) electrons. The third kappa shape index (κ3) is 1.73. The lowest BCUT2D eigenvalue weighted by molar-refractivity contribution is -0.142. The summed E-state index contributed by atoms with van der Waals surface area (Å²) >= 11 is 0. The maximum atomic E-state index is 12.5. The summed E-state index contributed by atoms with van der Waals surface area (Å²) < 4.78 is 0. The molecule has 1 atom stereocenters. The van der Waals surface area contributed by atoms with Crippen LogP contribution in [0.3, 0.4) is 0 Å². The molecule has 3 amide bonds. The second-order valence-corrected chi connectivity index (χ2v) is 5.70. The zero-order valence-corrected chi connectivity index (χ0v) is 11.5. The van der Waals surface area contributed by atoms with E-state index in [2.05, 4.69) is 5.32 Å². The van der Waals surface area contributed by atoms with E-state index in [-0.39, 0.29) is 24.1 Å². The third-order valence-corrected chi connectivity index (χ3v) is 4.24. The van der Waals surface area contributed by atoms with Gasteiger partial charge in [-0.2, -0.15) is 0 Å². The van der Waals surface area contributed by atoms with E-state index in [9.17, 15) is 14.4 Å². The first kappa shape index (κ1) is 12.8. The lowest BCUT2D eigenvalue weighted by atomic mass is 9.89. The minimum atomic E-state index is -0.947. The van der Waals surface area contributed by atoms with Crippen LogP contribution in [0.2, 0.25) is 0 Å². The van der Waals surface area contributed by atoms with E-state index in [0.717, 1.165) is 11.1 Å². The summed E-state index contributed by atoms with van der Waals surface area (Å²) in [5, 5.41) is 2.33. The number of carbonyl (C=O) groups is 3. The van der Waals surface area contributed by atoms with Crippen LogP contribution < -0.4 is 5.32 Å². The van der Waals surface area contributed by atoms with E-state index in [1.807, 2.05) is 25.1 Å². The van der Waals surface area contributed by atoms with Crippen molar-refractivity contribution in [3.8, 4) is 0 Å². The highest BCUT2D eigenvalue weighted by molar-refractivity contribution is 6.07. The Morgan fingerprint density at radius 1 is 1.25 bits per heavy atom. The van der Waals surface area contributed by atoms with Gasteiger partial charge in [-0.05, 0) is 31.9 Å². The quantitative estimate of drug-likeness (QED) is 0.780. The summed E-state index contributed by atoms with van der Waals surface area (Å²) in [6.07, 6.45) is 0.637. The number of carbonyl (C=O) groups excluding carboxylic acids is 3. The zero-order chi connectivity index (χ0) is 14.5. The Balaban J connectivity index is 1.95. The summed E-state index contributed by atoms with van der Waals surface area (Å²) in [5.41, 5.74) is 1.74. The number of hydrogen-bond acceptors (Lipinski definition) is 3. The molecule has 0 saturated carbocycles. The van der Waals surface area contributed by atoms with Crippen LogP contribution in [-0.4, -0.2) is 28.2 Å². The van der Waals surface area contributed by atoms with Crippen molar-refractivity contribution in [2.75, 3.05) is 0 Å². The molecule has 0 bridgehead atoms. The fraction of sp³-hybridized carbons (Fsp3) is 0.400. The van der Waals surface area contributed by atoms with E-state index in [4.69, 9.17) is 0 Å². The monoisotopic (exact) mass is 272 g/mol. The molecule has 104 valence electrons. The molecule has 2 aliphatic heterocycles. The highest BCUT2D eigenvalue weighted by atomic mass is 16.2. The Morgan fingerprint density at radius 2 is 2.00 bits per heavy atom. The molecular formula is C15H16N2O3. The van der Waals surface area contributed by atoms with E-state index < -0.39 is 5.54 Å². The van der Waals surface area contributed by atoms with Gasteiger partial charge < -0.3 is 4.90 Å². The SMILES string of the molecule is Cc1ccc2c(c1)CN([C@]1(C)CCC(=O)NC1=O)C2=O. The van der Waals surface area contributed by atoms with Gasteiger partial charge in [0.1, 0.15) is 5.54 Å². The van der Waals surface area contributed by atoms with Gasteiger partial charge >= 0.3 is 0 Å². The maximum Gasteiger partial charge on any atom is 0.255 e. The van der Waals surface area contributed by atoms with Crippen molar-refractivity contribution in [1.29, 1.82) is 0 Å². The largest absolute Gasteiger partial charge is 0.320 e. The molecule has 0 spiro atoms. The first-order valence-corrected chi connectivity index (χ1v) is 6.67. The summed E-state index contributed by atoms with van der Waals surface area (Å²) in [6, 6.07) is 5.68. The fourth-order valence-electron chi connectivity index (χ4n) is 2.90. The number of benzene rings is 1. The van der Waals surface area contributed by atoms with Crippen molar-refractivity contribution in [2.45, 2.75) is 38.8 Å². The van der Waals surface area contributed by atoms with Crippen LogP contribution in [0.4, 0.5) is 0 Å². The average Bonchev–Trinajstić information content (AvgIpc) is 2.72. The molecule has 0 unspecified atom stereocenters. The smallest absolute Gasteiger partial charge is 0.255 e. The van der Waals surface area contributed by atoms with Crippen LogP contribution in [0.25, 0.3) is 0 Å². The number of hydrogen-bond donors (Lipinski definition) is 1. The van der Waals surface area contributed by atoms with E-state index in [1.54, 1.807) is 11.8 Å². The molecule has 1 aromatic carbocycles. The van der Waals surface area contributed by atoms with Gasteiger partial charge in [0.2, 0.25) is 5.91 Å². The Kier molecular flexibility index (Phi) is 2.67. The van der Waals surface area contributed by atoms with Crippen molar-refractivity contribution in [3.05, 3.63) is 34.9 Å². The van der Waals surface area contributed by atoms with Gasteiger partial charge in [0, 0.05) is 18.5 Å². The molecular weight excluding hydrogens is 256 g/mol. The third-order valence-electron chi connectivity index (χ3n) is 4.24. The number of nitrogens with zero attached hydrogens (tertiary/aromatic N) is 1. The number of rotatable bonds is 1. The second-order valence-electron chi connectivity index (χ2n) is 5.70. The van der Waals surface area contributed by atoms with Gasteiger partial charge in [0.15, 0.2) is 0 Å². The van der Waals surface area contributed by atoms with Gasteiger partial charge in [-0.25, -0.2) is 0 Å². The number of amides is 3. The van der Waals surface area contributed by atoms with E-state index in [0.29, 0.717) is 18.5 Å². The van der Waals surface area contributed by atoms with E-state index in [1.165, 1.54) is 0 Å². The molecule has 3 rings (SSSR count). The molecule has 0 aromatic heterocycles. The zero-order valence-electron chi connectivity index (χ0n) is 11.5. The van der Waals surface area contributed by atoms with Crippen LogP contribution >= 0.6 is 0 Å². The van der Waals surface area contributed by atoms with Gasteiger partial charge in [0.25, 0.3) is 11.8 Å².